The van der Waals surface area contributed by atoms with Crippen LogP contribution in [-0.2, 0) is 16.9 Å². The Morgan fingerprint density at radius 2 is 1.50 bits per heavy atom. The van der Waals surface area contributed by atoms with Crippen molar-refractivity contribution in [1.82, 2.24) is 4.90 Å². The second-order valence-electron chi connectivity index (χ2n) is 10.3. The number of hydrogen-bond acceptors (Lipinski definition) is 2. The lowest BCUT2D eigenvalue weighted by atomic mass is 9.89. The summed E-state index contributed by atoms with van der Waals surface area (Å²) in [6.45, 7) is 14.8. The summed E-state index contributed by atoms with van der Waals surface area (Å²) >= 11 is 0. The van der Waals surface area contributed by atoms with Gasteiger partial charge in [-0.1, -0.05) is 88.6 Å². The fraction of sp³-hybridized carbons (Fsp3) is 0.600. The molecule has 1 aliphatic carbocycles. The zero-order valence-electron chi connectivity index (χ0n) is 21.2. The van der Waals surface area contributed by atoms with Crippen LogP contribution in [0.3, 0.4) is 0 Å². The fourth-order valence-electron chi connectivity index (χ4n) is 4.84. The normalized spacial score (nSPS) is 16.1. The van der Waals surface area contributed by atoms with Gasteiger partial charge in [0.05, 0.1) is 12.7 Å². The van der Waals surface area contributed by atoms with Crippen molar-refractivity contribution in [2.24, 2.45) is 5.92 Å². The molecule has 0 radical (unpaired) electrons. The molecule has 0 aromatic heterocycles. The van der Waals surface area contributed by atoms with Crippen molar-refractivity contribution in [3.8, 4) is 11.1 Å². The minimum absolute atomic E-state index is 0.0451. The van der Waals surface area contributed by atoms with E-state index in [0.717, 1.165) is 19.1 Å². The number of rotatable bonds is 12. The highest BCUT2D eigenvalue weighted by Gasteiger charge is 2.28. The maximum absolute atomic E-state index is 6.07. The molecule has 0 bridgehead atoms. The summed E-state index contributed by atoms with van der Waals surface area (Å²) < 4.78 is 6.07. The molecule has 1 unspecified atom stereocenters. The third-order valence-electron chi connectivity index (χ3n) is 7.54. The monoisotopic (exact) mass is 435 g/mol. The second-order valence-corrected chi connectivity index (χ2v) is 10.3. The van der Waals surface area contributed by atoms with Gasteiger partial charge in [0.15, 0.2) is 0 Å². The van der Waals surface area contributed by atoms with Gasteiger partial charge < -0.3 is 4.74 Å². The lowest BCUT2D eigenvalue weighted by molar-refractivity contribution is 0.0457. The maximum atomic E-state index is 6.07. The average molecular weight is 436 g/mol. The van der Waals surface area contributed by atoms with Crippen molar-refractivity contribution in [3.05, 3.63) is 59.7 Å². The summed E-state index contributed by atoms with van der Waals surface area (Å²) in [5.74, 6) is 0.791. The summed E-state index contributed by atoms with van der Waals surface area (Å²) in [6.07, 6.45) is 9.31. The molecule has 0 saturated heterocycles. The fourth-order valence-corrected chi connectivity index (χ4v) is 4.84. The van der Waals surface area contributed by atoms with Crippen LogP contribution in [0, 0.1) is 5.92 Å². The molecule has 3 rings (SSSR count). The van der Waals surface area contributed by atoms with Crippen molar-refractivity contribution in [3.63, 3.8) is 0 Å². The molecule has 2 nitrogen and oxygen atoms in total. The molecule has 1 atom stereocenters. The Morgan fingerprint density at radius 1 is 0.906 bits per heavy atom. The average Bonchev–Trinajstić information content (AvgIpc) is 3.34. The number of nitrogens with zero attached hydrogens (tertiary/aromatic N) is 1. The molecule has 0 N–H and O–H groups in total. The van der Waals surface area contributed by atoms with E-state index in [1.165, 1.54) is 73.7 Å². The Morgan fingerprint density at radius 3 is 2.06 bits per heavy atom. The van der Waals surface area contributed by atoms with Crippen molar-refractivity contribution < 1.29 is 4.74 Å². The summed E-state index contributed by atoms with van der Waals surface area (Å²) in [4.78, 5) is 2.67. The quantitative estimate of drug-likeness (QED) is 0.333. The van der Waals surface area contributed by atoms with Crippen LogP contribution < -0.4 is 0 Å². The van der Waals surface area contributed by atoms with E-state index in [1.54, 1.807) is 0 Å². The van der Waals surface area contributed by atoms with E-state index in [9.17, 15) is 0 Å². The van der Waals surface area contributed by atoms with E-state index in [4.69, 9.17) is 4.74 Å². The predicted octanol–water partition coefficient (Wildman–Crippen LogP) is 8.20. The van der Waals surface area contributed by atoms with Gasteiger partial charge in [0, 0.05) is 5.54 Å². The summed E-state index contributed by atoms with van der Waals surface area (Å²) in [5, 5.41) is 0. The zero-order valence-corrected chi connectivity index (χ0v) is 21.2. The van der Waals surface area contributed by atoms with Crippen molar-refractivity contribution in [1.29, 1.82) is 0 Å². The highest BCUT2D eigenvalue weighted by Crippen LogP contribution is 2.31. The van der Waals surface area contributed by atoms with Crippen LogP contribution in [-0.4, -0.2) is 24.1 Å². The van der Waals surface area contributed by atoms with Crippen molar-refractivity contribution >= 4 is 0 Å². The molecular weight excluding hydrogens is 390 g/mol. The minimum atomic E-state index is 0.0451. The summed E-state index contributed by atoms with van der Waals surface area (Å²) in [5.41, 5.74) is 5.29. The Balaban J connectivity index is 1.64. The van der Waals surface area contributed by atoms with Gasteiger partial charge in [-0.3, -0.25) is 4.90 Å². The largest absolute Gasteiger partial charge is 0.374 e. The van der Waals surface area contributed by atoms with Gasteiger partial charge in [0.1, 0.15) is 0 Å². The molecule has 2 aromatic carbocycles. The third-order valence-corrected chi connectivity index (χ3v) is 7.54. The van der Waals surface area contributed by atoms with E-state index in [-0.39, 0.29) is 5.54 Å². The van der Waals surface area contributed by atoms with E-state index in [2.05, 4.69) is 88.0 Å². The molecule has 0 spiro atoms. The Kier molecular flexibility index (Phi) is 9.37. The minimum Gasteiger partial charge on any atom is -0.374 e. The van der Waals surface area contributed by atoms with Crippen LogP contribution in [0.5, 0.6) is 0 Å². The summed E-state index contributed by atoms with van der Waals surface area (Å²) in [7, 11) is 0. The smallest absolute Gasteiger partial charge is 0.0720 e. The van der Waals surface area contributed by atoms with E-state index in [0.29, 0.717) is 6.10 Å². The number of hydrogen-bond donors (Lipinski definition) is 0. The van der Waals surface area contributed by atoms with E-state index in [1.807, 2.05) is 0 Å². The molecule has 2 aromatic rings. The lowest BCUT2D eigenvalue weighted by Crippen LogP contribution is -2.43. The summed E-state index contributed by atoms with van der Waals surface area (Å²) in [6, 6.07) is 18.2. The Bertz CT molecular complexity index is 787. The van der Waals surface area contributed by atoms with Crippen molar-refractivity contribution in [2.45, 2.75) is 97.8 Å². The van der Waals surface area contributed by atoms with Crippen LogP contribution >= 0.6 is 0 Å². The van der Waals surface area contributed by atoms with Gasteiger partial charge in [-0.05, 0) is 80.8 Å². The van der Waals surface area contributed by atoms with Crippen LogP contribution in [0.2, 0.25) is 0 Å². The molecule has 32 heavy (non-hydrogen) atoms. The molecule has 0 aliphatic heterocycles. The molecule has 0 amide bonds. The first kappa shape index (κ1) is 25.0. The highest BCUT2D eigenvalue weighted by atomic mass is 16.5. The molecule has 1 fully saturated rings. The Hall–Kier alpha value is -1.64. The van der Waals surface area contributed by atoms with Crippen LogP contribution in [0.25, 0.3) is 11.1 Å². The van der Waals surface area contributed by atoms with Gasteiger partial charge >= 0.3 is 0 Å². The van der Waals surface area contributed by atoms with Gasteiger partial charge in [0.25, 0.3) is 0 Å². The van der Waals surface area contributed by atoms with Gasteiger partial charge in [0.2, 0.25) is 0 Å². The number of benzene rings is 2. The molecule has 2 heteroatoms. The van der Waals surface area contributed by atoms with Crippen LogP contribution in [0.1, 0.15) is 90.7 Å². The van der Waals surface area contributed by atoms with Gasteiger partial charge in [-0.2, -0.15) is 0 Å². The van der Waals surface area contributed by atoms with Crippen molar-refractivity contribution in [2.75, 3.05) is 13.1 Å². The van der Waals surface area contributed by atoms with Gasteiger partial charge in [-0.15, -0.1) is 0 Å². The van der Waals surface area contributed by atoms with Crippen LogP contribution in [0.15, 0.2) is 48.5 Å². The SMILES string of the molecule is CCCN(CCC(C)CC)C(C)(C)c1ccc(-c2ccc(COC3CCCC3)cc2)cc1. The zero-order chi connectivity index (χ0) is 23.0. The molecule has 1 aliphatic rings. The maximum Gasteiger partial charge on any atom is 0.0720 e. The third kappa shape index (κ3) is 6.68. The topological polar surface area (TPSA) is 12.5 Å². The lowest BCUT2D eigenvalue weighted by Gasteiger charge is -2.40. The second kappa shape index (κ2) is 12.0. The van der Waals surface area contributed by atoms with Gasteiger partial charge in [-0.25, -0.2) is 0 Å². The first-order chi connectivity index (χ1) is 15.4. The first-order valence-corrected chi connectivity index (χ1v) is 13.0. The molecule has 176 valence electrons. The predicted molar refractivity (Wildman–Crippen MR) is 138 cm³/mol. The molecule has 1 saturated carbocycles. The molecular formula is C30H45NO. The standard InChI is InChI=1S/C30H45NO/c1-6-21-31(22-20-24(3)7-2)30(4,5)28-18-16-27(17-19-28)26-14-12-25(13-15-26)23-32-29-10-8-9-11-29/h12-19,24,29H,6-11,20-23H2,1-5H3. The van der Waals surface area contributed by atoms with Crippen LogP contribution in [0.4, 0.5) is 0 Å². The highest BCUT2D eigenvalue weighted by molar-refractivity contribution is 5.64. The number of ether oxygens (including phenoxy) is 1. The first-order valence-electron chi connectivity index (χ1n) is 13.0. The Labute approximate surface area is 197 Å². The van der Waals surface area contributed by atoms with E-state index < -0.39 is 0 Å². The van der Waals surface area contributed by atoms with E-state index >= 15 is 0 Å². The molecule has 0 heterocycles.